The first-order valence-electron chi connectivity index (χ1n) is 2.94. The van der Waals surface area contributed by atoms with Crippen molar-refractivity contribution in [3.8, 4) is 0 Å². The molecule has 9 heavy (non-hydrogen) atoms. The van der Waals surface area contributed by atoms with E-state index in [1.165, 1.54) is 0 Å². The molecule has 0 amide bonds. The van der Waals surface area contributed by atoms with Gasteiger partial charge in [-0.2, -0.15) is 0 Å². The normalized spacial score (nSPS) is 33.4. The van der Waals surface area contributed by atoms with E-state index in [0.717, 1.165) is 13.0 Å². The minimum Gasteiger partial charge on any atom is -0.540 e. The van der Waals surface area contributed by atoms with Gasteiger partial charge in [0.2, 0.25) is 0 Å². The zero-order chi connectivity index (χ0) is 5.98. The fraction of sp³-hybridized carbons (Fsp3) is 0.833. The molecule has 0 aromatic rings. The predicted octanol–water partition coefficient (Wildman–Crippen LogP) is 0.0941. The summed E-state index contributed by atoms with van der Waals surface area (Å²) >= 11 is 0. The fourth-order valence-electron chi connectivity index (χ4n) is 1.00. The summed E-state index contributed by atoms with van der Waals surface area (Å²) in [6.45, 7) is 3.10. The van der Waals surface area contributed by atoms with Crippen LogP contribution >= 0.6 is 0 Å². The van der Waals surface area contributed by atoms with Crippen LogP contribution in [0, 0.1) is 37.0 Å². The summed E-state index contributed by atoms with van der Waals surface area (Å²) in [5.74, 6) is 0.654. The van der Waals surface area contributed by atoms with Gasteiger partial charge in [-0.3, -0.25) is 0 Å². The molecule has 1 heterocycles. The molecule has 0 bridgehead atoms. The van der Waals surface area contributed by atoms with E-state index in [1.807, 2.05) is 6.29 Å². The van der Waals surface area contributed by atoms with Crippen molar-refractivity contribution in [3.63, 3.8) is 0 Å². The average molecular weight is 350 g/mol. The number of hydrogen-bond donors (Lipinski definition) is 1. The van der Waals surface area contributed by atoms with Crippen molar-refractivity contribution in [1.82, 2.24) is 5.32 Å². The summed E-state index contributed by atoms with van der Waals surface area (Å²) in [4.78, 5) is 9.97. The van der Waals surface area contributed by atoms with E-state index < -0.39 is 0 Å². The molecule has 0 aromatic heterocycles. The summed E-state index contributed by atoms with van der Waals surface area (Å²) < 4.78 is 0. The van der Waals surface area contributed by atoms with Gasteiger partial charge in [-0.15, -0.1) is 0 Å². The predicted molar refractivity (Wildman–Crippen MR) is 31.3 cm³/mol. The second-order valence-electron chi connectivity index (χ2n) is 2.42. The minimum absolute atomic E-state index is 0. The van der Waals surface area contributed by atoms with Crippen LogP contribution in [0.4, 0.5) is 0 Å². The minimum atomic E-state index is 0. The molecule has 1 rings (SSSR count). The number of carbonyl (C=O) groups excluding carboxylic acids is 1. The Bertz CT molecular complexity index is 97.1. The maximum Gasteiger partial charge on any atom is 0 e. The molecule has 1 aliphatic rings. The molecule has 0 aliphatic carbocycles. The Morgan fingerprint density at radius 2 is 2.33 bits per heavy atom. The maximum atomic E-state index is 9.97. The van der Waals surface area contributed by atoms with Crippen LogP contribution in [0.1, 0.15) is 13.3 Å². The first kappa shape index (κ1) is 9.68. The Hall–Kier alpha value is 0.682. The van der Waals surface area contributed by atoms with Gasteiger partial charge in [0, 0.05) is 31.1 Å². The van der Waals surface area contributed by atoms with Gasteiger partial charge < -0.3 is 10.1 Å². The molecular formula is C6H10NOU-. The standard InChI is InChI=1S/C6H10NO.U/c1-5-2-6(4-8)7-3-5;/h5-7H,2-3H2,1H3;/q-1;/t5?,6-;/m0./s1. The van der Waals surface area contributed by atoms with Crippen LogP contribution in [0.2, 0.25) is 0 Å². The Morgan fingerprint density at radius 1 is 1.67 bits per heavy atom. The summed E-state index contributed by atoms with van der Waals surface area (Å²) in [5.41, 5.74) is 0. The van der Waals surface area contributed by atoms with Gasteiger partial charge in [-0.05, 0) is 12.5 Å². The van der Waals surface area contributed by atoms with Gasteiger partial charge >= 0.3 is 0 Å². The molecular weight excluding hydrogens is 340 g/mol. The zero-order valence-electron chi connectivity index (χ0n) is 5.48. The molecule has 1 unspecified atom stereocenters. The van der Waals surface area contributed by atoms with Crippen molar-refractivity contribution in [2.24, 2.45) is 5.92 Å². The quantitative estimate of drug-likeness (QED) is 0.680. The van der Waals surface area contributed by atoms with Gasteiger partial charge in [-0.25, -0.2) is 6.29 Å². The van der Waals surface area contributed by atoms with Crippen LogP contribution in [-0.2, 0) is 4.79 Å². The Morgan fingerprint density at radius 3 is 2.56 bits per heavy atom. The zero-order valence-corrected chi connectivity index (χ0v) is 9.64. The summed E-state index contributed by atoms with van der Waals surface area (Å²) in [7, 11) is 0. The number of hydrogen-bond acceptors (Lipinski definition) is 2. The van der Waals surface area contributed by atoms with Crippen molar-refractivity contribution in [2.45, 2.75) is 19.4 Å². The van der Waals surface area contributed by atoms with E-state index >= 15 is 0 Å². The van der Waals surface area contributed by atoms with Crippen LogP contribution in [0.5, 0.6) is 0 Å². The van der Waals surface area contributed by atoms with E-state index in [-0.39, 0.29) is 37.2 Å². The summed E-state index contributed by atoms with van der Waals surface area (Å²) in [6, 6.07) is 0.0185. The van der Waals surface area contributed by atoms with Crippen LogP contribution in [0.25, 0.3) is 0 Å². The Labute approximate surface area is 79.1 Å². The second-order valence-corrected chi connectivity index (χ2v) is 2.42. The fourth-order valence-corrected chi connectivity index (χ4v) is 1.00. The third-order valence-electron chi connectivity index (χ3n) is 1.49. The van der Waals surface area contributed by atoms with E-state index in [9.17, 15) is 4.79 Å². The first-order chi connectivity index (χ1) is 3.83. The van der Waals surface area contributed by atoms with Crippen LogP contribution in [0.3, 0.4) is 0 Å². The molecule has 0 aromatic carbocycles. The molecule has 0 saturated carbocycles. The van der Waals surface area contributed by atoms with E-state index in [1.54, 1.807) is 0 Å². The Balaban J connectivity index is 0.000000640. The SMILES string of the molecule is CC1CN[C@H]([C-]=O)C1.[U]. The topological polar surface area (TPSA) is 29.1 Å². The average Bonchev–Trinajstić information content (AvgIpc) is 2.14. The van der Waals surface area contributed by atoms with E-state index in [2.05, 4.69) is 12.2 Å². The maximum absolute atomic E-state index is 9.97. The third-order valence-corrected chi connectivity index (χ3v) is 1.49. The second kappa shape index (κ2) is 4.49. The molecule has 1 aliphatic heterocycles. The molecule has 3 heteroatoms. The van der Waals surface area contributed by atoms with Crippen molar-refractivity contribution < 1.29 is 35.9 Å². The van der Waals surface area contributed by atoms with Gasteiger partial charge in [-0.1, -0.05) is 19.4 Å². The number of nitrogens with one attached hydrogen (secondary N) is 1. The molecule has 50 valence electrons. The first-order valence-corrected chi connectivity index (χ1v) is 2.94. The van der Waals surface area contributed by atoms with Gasteiger partial charge in [0.05, 0.1) is 0 Å². The van der Waals surface area contributed by atoms with Gasteiger partial charge in [0.15, 0.2) is 0 Å². The molecule has 1 saturated heterocycles. The largest absolute Gasteiger partial charge is 0.540 e. The van der Waals surface area contributed by atoms with Crippen LogP contribution < -0.4 is 5.32 Å². The molecule has 2 atom stereocenters. The van der Waals surface area contributed by atoms with Crippen molar-refractivity contribution in [2.75, 3.05) is 6.54 Å². The number of rotatable bonds is 1. The monoisotopic (exact) mass is 350 g/mol. The summed E-state index contributed by atoms with van der Waals surface area (Å²) in [5, 5.41) is 3.03. The third kappa shape index (κ3) is 2.84. The molecule has 1 N–H and O–H groups in total. The summed E-state index contributed by atoms with van der Waals surface area (Å²) in [6.07, 6.45) is 2.90. The molecule has 0 spiro atoms. The van der Waals surface area contributed by atoms with Crippen LogP contribution in [-0.4, -0.2) is 18.9 Å². The molecule has 0 radical (unpaired) electrons. The van der Waals surface area contributed by atoms with Crippen LogP contribution in [0.15, 0.2) is 0 Å². The smallest absolute Gasteiger partial charge is 0 e. The van der Waals surface area contributed by atoms with Gasteiger partial charge in [0.25, 0.3) is 0 Å². The molecule has 2 nitrogen and oxygen atoms in total. The van der Waals surface area contributed by atoms with Crippen molar-refractivity contribution in [1.29, 1.82) is 0 Å². The van der Waals surface area contributed by atoms with Crippen molar-refractivity contribution in [3.05, 3.63) is 0 Å². The van der Waals surface area contributed by atoms with E-state index in [0.29, 0.717) is 5.92 Å². The van der Waals surface area contributed by atoms with Crippen molar-refractivity contribution >= 4 is 6.29 Å². The Kier molecular flexibility index (Phi) is 4.83. The molecule has 1 fully saturated rings. The van der Waals surface area contributed by atoms with E-state index in [4.69, 9.17) is 0 Å². The van der Waals surface area contributed by atoms with Gasteiger partial charge in [0.1, 0.15) is 0 Å².